The highest BCUT2D eigenvalue weighted by Gasteiger charge is 2.30. The maximum Gasteiger partial charge on any atom is 0.308 e. The zero-order chi connectivity index (χ0) is 18.6. The second-order valence-electron chi connectivity index (χ2n) is 7.06. The van der Waals surface area contributed by atoms with E-state index in [1.807, 2.05) is 12.1 Å². The summed E-state index contributed by atoms with van der Waals surface area (Å²) in [6.45, 7) is 9.29. The molecule has 0 saturated carbocycles. The Morgan fingerprint density at radius 1 is 1.16 bits per heavy atom. The molecule has 0 aliphatic carbocycles. The lowest BCUT2D eigenvalue weighted by Gasteiger charge is -2.32. The molecule has 2 rings (SSSR count). The van der Waals surface area contributed by atoms with Gasteiger partial charge in [0.2, 0.25) is 0 Å². The first-order valence-corrected chi connectivity index (χ1v) is 8.97. The number of carbonyl (C=O) groups is 2. The third-order valence-electron chi connectivity index (χ3n) is 4.87. The van der Waals surface area contributed by atoms with Gasteiger partial charge < -0.3 is 14.4 Å². The Morgan fingerprint density at radius 2 is 1.80 bits per heavy atom. The van der Waals surface area contributed by atoms with Crippen molar-refractivity contribution in [1.29, 1.82) is 0 Å². The van der Waals surface area contributed by atoms with E-state index in [4.69, 9.17) is 9.47 Å². The number of carbonyl (C=O) groups excluding carboxylic acids is 2. The SMILES string of the molecule is COC(=O)C1CCN(C(=O)C(C)Oc2ccc(C(C)C)c(C)c2)CC1. The molecule has 1 aliphatic heterocycles. The Hall–Kier alpha value is -2.04. The number of aryl methyl sites for hydroxylation is 1. The topological polar surface area (TPSA) is 55.8 Å². The van der Waals surface area contributed by atoms with Gasteiger partial charge in [0.05, 0.1) is 13.0 Å². The number of esters is 1. The maximum atomic E-state index is 12.6. The van der Waals surface area contributed by atoms with Gasteiger partial charge in [0, 0.05) is 13.1 Å². The smallest absolute Gasteiger partial charge is 0.308 e. The second kappa shape index (κ2) is 8.37. The molecule has 1 unspecified atom stereocenters. The molecule has 0 spiro atoms. The molecule has 0 aromatic heterocycles. The van der Waals surface area contributed by atoms with E-state index in [2.05, 4.69) is 26.8 Å². The number of piperidine rings is 1. The number of likely N-dealkylation sites (tertiary alicyclic amines) is 1. The summed E-state index contributed by atoms with van der Waals surface area (Å²) in [7, 11) is 1.41. The van der Waals surface area contributed by atoms with Gasteiger partial charge in [0.1, 0.15) is 5.75 Å². The summed E-state index contributed by atoms with van der Waals surface area (Å²) in [5.41, 5.74) is 2.46. The Bertz CT molecular complexity index is 618. The summed E-state index contributed by atoms with van der Waals surface area (Å²) in [6.07, 6.45) is 0.750. The maximum absolute atomic E-state index is 12.6. The molecule has 1 atom stereocenters. The fraction of sp³-hybridized carbons (Fsp3) is 0.600. The fourth-order valence-electron chi connectivity index (χ4n) is 3.38. The third kappa shape index (κ3) is 4.74. The van der Waals surface area contributed by atoms with Gasteiger partial charge in [-0.1, -0.05) is 19.9 Å². The van der Waals surface area contributed by atoms with Crippen LogP contribution in [0.1, 0.15) is 50.7 Å². The lowest BCUT2D eigenvalue weighted by atomic mass is 9.96. The van der Waals surface area contributed by atoms with E-state index in [1.54, 1.807) is 11.8 Å². The summed E-state index contributed by atoms with van der Waals surface area (Å²) in [5.74, 6) is 0.860. The molecule has 0 bridgehead atoms. The van der Waals surface area contributed by atoms with Crippen LogP contribution in [-0.4, -0.2) is 43.1 Å². The minimum absolute atomic E-state index is 0.0334. The molecule has 25 heavy (non-hydrogen) atoms. The Balaban J connectivity index is 1.93. The Labute approximate surface area is 150 Å². The molecule has 1 heterocycles. The average molecular weight is 347 g/mol. The van der Waals surface area contributed by atoms with Crippen LogP contribution < -0.4 is 4.74 Å². The van der Waals surface area contributed by atoms with Gasteiger partial charge in [-0.25, -0.2) is 0 Å². The van der Waals surface area contributed by atoms with Crippen LogP contribution in [0.25, 0.3) is 0 Å². The van der Waals surface area contributed by atoms with Gasteiger partial charge in [0.15, 0.2) is 6.10 Å². The van der Waals surface area contributed by atoms with E-state index in [0.717, 1.165) is 0 Å². The minimum atomic E-state index is -0.543. The highest BCUT2D eigenvalue weighted by atomic mass is 16.5. The summed E-state index contributed by atoms with van der Waals surface area (Å²) in [5, 5.41) is 0. The molecule has 1 amide bonds. The number of methoxy groups -OCH3 is 1. The van der Waals surface area contributed by atoms with Crippen LogP contribution in [0, 0.1) is 12.8 Å². The van der Waals surface area contributed by atoms with E-state index in [1.165, 1.54) is 18.2 Å². The minimum Gasteiger partial charge on any atom is -0.481 e. The molecule has 1 aromatic rings. The van der Waals surface area contributed by atoms with Crippen LogP contribution >= 0.6 is 0 Å². The molecule has 1 aromatic carbocycles. The predicted molar refractivity (Wildman–Crippen MR) is 96.7 cm³/mol. The summed E-state index contributed by atoms with van der Waals surface area (Å²) in [4.78, 5) is 25.9. The van der Waals surface area contributed by atoms with E-state index in [9.17, 15) is 9.59 Å². The quantitative estimate of drug-likeness (QED) is 0.767. The number of hydrogen-bond donors (Lipinski definition) is 0. The second-order valence-corrected chi connectivity index (χ2v) is 7.06. The van der Waals surface area contributed by atoms with Crippen molar-refractivity contribution in [2.24, 2.45) is 5.92 Å². The van der Waals surface area contributed by atoms with Crippen molar-refractivity contribution in [3.63, 3.8) is 0 Å². The highest BCUT2D eigenvalue weighted by molar-refractivity contribution is 5.81. The van der Waals surface area contributed by atoms with Gasteiger partial charge >= 0.3 is 5.97 Å². The van der Waals surface area contributed by atoms with E-state index < -0.39 is 6.10 Å². The molecule has 5 nitrogen and oxygen atoms in total. The number of hydrogen-bond acceptors (Lipinski definition) is 4. The van der Waals surface area contributed by atoms with Gasteiger partial charge in [-0.3, -0.25) is 9.59 Å². The van der Waals surface area contributed by atoms with Gasteiger partial charge in [-0.05, 0) is 55.9 Å². The van der Waals surface area contributed by atoms with Crippen LogP contribution in [0.4, 0.5) is 0 Å². The van der Waals surface area contributed by atoms with Crippen LogP contribution in [0.3, 0.4) is 0 Å². The number of rotatable bonds is 5. The molecule has 1 aliphatic rings. The van der Waals surface area contributed by atoms with E-state index in [0.29, 0.717) is 37.6 Å². The largest absolute Gasteiger partial charge is 0.481 e. The lowest BCUT2D eigenvalue weighted by Crippen LogP contribution is -2.45. The van der Waals surface area contributed by atoms with Crippen molar-refractivity contribution in [2.75, 3.05) is 20.2 Å². The zero-order valence-electron chi connectivity index (χ0n) is 15.9. The van der Waals surface area contributed by atoms with Crippen molar-refractivity contribution in [3.8, 4) is 5.75 Å². The van der Waals surface area contributed by atoms with Crippen molar-refractivity contribution in [3.05, 3.63) is 29.3 Å². The van der Waals surface area contributed by atoms with Crippen LogP contribution in [-0.2, 0) is 14.3 Å². The van der Waals surface area contributed by atoms with E-state index in [-0.39, 0.29) is 17.8 Å². The van der Waals surface area contributed by atoms with Crippen LogP contribution in [0.5, 0.6) is 5.75 Å². The molecule has 138 valence electrons. The number of benzene rings is 1. The van der Waals surface area contributed by atoms with Gasteiger partial charge in [-0.15, -0.1) is 0 Å². The van der Waals surface area contributed by atoms with Crippen molar-refractivity contribution < 1.29 is 19.1 Å². The first kappa shape index (κ1) is 19.3. The normalized spacial score (nSPS) is 16.6. The summed E-state index contributed by atoms with van der Waals surface area (Å²) in [6, 6.07) is 5.98. The Morgan fingerprint density at radius 3 is 2.32 bits per heavy atom. The third-order valence-corrected chi connectivity index (χ3v) is 4.87. The fourth-order valence-corrected chi connectivity index (χ4v) is 3.38. The summed E-state index contributed by atoms with van der Waals surface area (Å²) < 4.78 is 10.6. The van der Waals surface area contributed by atoms with Crippen molar-refractivity contribution >= 4 is 11.9 Å². The lowest BCUT2D eigenvalue weighted by molar-refractivity contribution is -0.150. The number of ether oxygens (including phenoxy) is 2. The number of nitrogens with zero attached hydrogens (tertiary/aromatic N) is 1. The summed E-state index contributed by atoms with van der Waals surface area (Å²) >= 11 is 0. The number of amides is 1. The zero-order valence-corrected chi connectivity index (χ0v) is 15.9. The van der Waals surface area contributed by atoms with Gasteiger partial charge in [0.25, 0.3) is 5.91 Å². The van der Waals surface area contributed by atoms with Crippen LogP contribution in [0.2, 0.25) is 0 Å². The standard InChI is InChI=1S/C20H29NO4/c1-13(2)18-7-6-17(12-14(18)3)25-15(4)19(22)21-10-8-16(9-11-21)20(23)24-5/h6-7,12-13,15-16H,8-11H2,1-5H3. The molecule has 1 fully saturated rings. The Kier molecular flexibility index (Phi) is 6.45. The molecule has 0 radical (unpaired) electrons. The monoisotopic (exact) mass is 347 g/mol. The molecule has 1 saturated heterocycles. The first-order chi connectivity index (χ1) is 11.8. The molecule has 5 heteroatoms. The predicted octanol–water partition coefficient (Wildman–Crippen LogP) is 3.30. The van der Waals surface area contributed by atoms with Gasteiger partial charge in [-0.2, -0.15) is 0 Å². The highest BCUT2D eigenvalue weighted by Crippen LogP contribution is 2.25. The van der Waals surface area contributed by atoms with Crippen molar-refractivity contribution in [2.45, 2.75) is 52.6 Å². The van der Waals surface area contributed by atoms with E-state index >= 15 is 0 Å². The van der Waals surface area contributed by atoms with Crippen LogP contribution in [0.15, 0.2) is 18.2 Å². The molecular formula is C20H29NO4. The first-order valence-electron chi connectivity index (χ1n) is 8.97. The average Bonchev–Trinajstić information content (AvgIpc) is 2.60. The molecular weight excluding hydrogens is 318 g/mol. The van der Waals surface area contributed by atoms with Crippen molar-refractivity contribution in [1.82, 2.24) is 4.90 Å². The molecule has 0 N–H and O–H groups in total.